The molecule has 9 nitrogen and oxygen atoms in total. The maximum atomic E-state index is 14.4. The third kappa shape index (κ3) is 6.42. The standard InChI is InChI=1S/C27H45ClF3N5O4S/c1-26(16-40-3)10-11-35(20-15-32-22-14-21(28)33-36(22)24(20)26)19-6-4-17(5-7-19)23(27(29,30)31)34(2)25(37)18-8-12-41(38,39)13-9-18/h17-24,32-33H,4-16H2,1-3H3/t17?,19?,20?,21?,22?,23-,24?,26+/m0/s1. The molecular formula is C27H45ClF3N5O4S. The van der Waals surface area contributed by atoms with E-state index in [0.717, 1.165) is 30.8 Å². The van der Waals surface area contributed by atoms with E-state index in [9.17, 15) is 26.4 Å². The fraction of sp³-hybridized carbons (Fsp3) is 0.963. The summed E-state index contributed by atoms with van der Waals surface area (Å²) in [6.45, 7) is 4.52. The molecule has 236 valence electrons. The lowest BCUT2D eigenvalue weighted by atomic mass is 9.70. The SMILES string of the molecule is COC[C@@]1(C)CCN(C2CCC([C@H](N(C)C(=O)C3CCS(=O)(=O)CC3)C(F)(F)F)CC2)C2CNC3CC(Cl)NN3C21. The molecule has 1 amide bonds. The van der Waals surface area contributed by atoms with Gasteiger partial charge in [0.15, 0.2) is 0 Å². The first-order valence-corrected chi connectivity index (χ1v) is 17.2. The van der Waals surface area contributed by atoms with E-state index < -0.39 is 39.8 Å². The van der Waals surface area contributed by atoms with Gasteiger partial charge in [-0.2, -0.15) is 13.2 Å². The van der Waals surface area contributed by atoms with Crippen LogP contribution in [-0.4, -0.2) is 117 Å². The van der Waals surface area contributed by atoms with E-state index in [1.54, 1.807) is 7.11 Å². The highest BCUT2D eigenvalue weighted by Gasteiger charge is 2.56. The molecule has 0 spiro atoms. The van der Waals surface area contributed by atoms with Crippen molar-refractivity contribution in [1.29, 1.82) is 0 Å². The van der Waals surface area contributed by atoms with Gasteiger partial charge in [-0.3, -0.25) is 15.0 Å². The summed E-state index contributed by atoms with van der Waals surface area (Å²) in [5, 5.41) is 5.90. The van der Waals surface area contributed by atoms with Gasteiger partial charge in [0.2, 0.25) is 5.91 Å². The smallest absolute Gasteiger partial charge is 0.384 e. The molecule has 0 bridgehead atoms. The number of amides is 1. The Balaban J connectivity index is 1.27. The van der Waals surface area contributed by atoms with E-state index in [0.29, 0.717) is 32.3 Å². The van der Waals surface area contributed by atoms with Gasteiger partial charge in [-0.05, 0) is 57.4 Å². The number of fused-ring (bicyclic) bond motifs is 3. The Labute approximate surface area is 246 Å². The van der Waals surface area contributed by atoms with Crippen molar-refractivity contribution in [2.75, 3.05) is 45.4 Å². The average Bonchev–Trinajstić information content (AvgIpc) is 3.28. The molecule has 2 N–H and O–H groups in total. The number of halogens is 4. The van der Waals surface area contributed by atoms with Gasteiger partial charge in [-0.1, -0.05) is 6.92 Å². The molecule has 6 atom stereocenters. The minimum atomic E-state index is -4.55. The third-order valence-electron chi connectivity index (χ3n) is 10.5. The van der Waals surface area contributed by atoms with E-state index in [1.807, 2.05) is 0 Å². The second-order valence-corrected chi connectivity index (χ2v) is 16.0. The first-order valence-electron chi connectivity index (χ1n) is 14.9. The molecule has 4 heterocycles. The van der Waals surface area contributed by atoms with E-state index in [4.69, 9.17) is 16.3 Å². The molecule has 5 aliphatic rings. The number of alkyl halides is 4. The number of ether oxygens (including phenoxy) is 1. The quantitative estimate of drug-likeness (QED) is 0.343. The zero-order chi connectivity index (χ0) is 29.7. The van der Waals surface area contributed by atoms with Crippen LogP contribution in [0, 0.1) is 17.3 Å². The van der Waals surface area contributed by atoms with Crippen molar-refractivity contribution in [3.05, 3.63) is 0 Å². The van der Waals surface area contributed by atoms with Crippen molar-refractivity contribution in [2.24, 2.45) is 17.3 Å². The highest BCUT2D eigenvalue weighted by molar-refractivity contribution is 7.91. The van der Waals surface area contributed by atoms with Crippen molar-refractivity contribution in [2.45, 2.75) is 100 Å². The van der Waals surface area contributed by atoms with Crippen LogP contribution >= 0.6 is 11.6 Å². The molecule has 0 aromatic heterocycles. The molecule has 0 aromatic carbocycles. The second kappa shape index (κ2) is 12.0. The number of likely N-dealkylation sites (tertiary alicyclic amines) is 1. The molecule has 1 saturated carbocycles. The van der Waals surface area contributed by atoms with Crippen molar-refractivity contribution >= 4 is 27.3 Å². The zero-order valence-corrected chi connectivity index (χ0v) is 25.8. The van der Waals surface area contributed by atoms with Crippen LogP contribution in [0.1, 0.15) is 58.3 Å². The number of piperidine rings is 1. The van der Waals surface area contributed by atoms with E-state index in [1.165, 1.54) is 7.05 Å². The number of nitrogens with one attached hydrogen (secondary N) is 2. The Hall–Kier alpha value is -0.700. The lowest BCUT2D eigenvalue weighted by molar-refractivity contribution is -0.203. The van der Waals surface area contributed by atoms with E-state index in [2.05, 4.69) is 27.6 Å². The summed E-state index contributed by atoms with van der Waals surface area (Å²) in [6, 6.07) is -1.38. The summed E-state index contributed by atoms with van der Waals surface area (Å²) in [5.74, 6) is -2.23. The van der Waals surface area contributed by atoms with Gasteiger partial charge in [0.1, 0.15) is 15.9 Å². The maximum Gasteiger partial charge on any atom is 0.409 e. The van der Waals surface area contributed by atoms with Gasteiger partial charge in [-0.25, -0.2) is 18.9 Å². The molecule has 41 heavy (non-hydrogen) atoms. The highest BCUT2D eigenvalue weighted by atomic mass is 35.5. The normalized spacial score (nSPS) is 39.6. The predicted molar refractivity (Wildman–Crippen MR) is 150 cm³/mol. The molecule has 4 unspecified atom stereocenters. The summed E-state index contributed by atoms with van der Waals surface area (Å²) in [7, 11) is -0.236. The van der Waals surface area contributed by atoms with Crippen LogP contribution in [0.4, 0.5) is 13.2 Å². The molecule has 4 aliphatic heterocycles. The number of hydrazine groups is 1. The third-order valence-corrected chi connectivity index (χ3v) is 12.5. The lowest BCUT2D eigenvalue weighted by Crippen LogP contribution is -2.75. The number of hydrogen-bond donors (Lipinski definition) is 2. The molecule has 0 aromatic rings. The largest absolute Gasteiger partial charge is 0.409 e. The Morgan fingerprint density at radius 1 is 1.17 bits per heavy atom. The number of methoxy groups -OCH3 is 1. The van der Waals surface area contributed by atoms with Gasteiger partial charge >= 0.3 is 6.18 Å². The second-order valence-electron chi connectivity index (χ2n) is 13.2. The van der Waals surface area contributed by atoms with Crippen LogP contribution in [0.25, 0.3) is 0 Å². The predicted octanol–water partition coefficient (Wildman–Crippen LogP) is 2.56. The van der Waals surface area contributed by atoms with Crippen LogP contribution in [0.15, 0.2) is 0 Å². The molecule has 1 aliphatic carbocycles. The molecular weight excluding hydrogens is 583 g/mol. The molecule has 0 radical (unpaired) electrons. The van der Waals surface area contributed by atoms with Gasteiger partial charge in [0.25, 0.3) is 0 Å². The molecule has 5 fully saturated rings. The van der Waals surface area contributed by atoms with Crippen LogP contribution in [0.3, 0.4) is 0 Å². The number of hydrogen-bond acceptors (Lipinski definition) is 8. The van der Waals surface area contributed by atoms with Crippen LogP contribution in [0.2, 0.25) is 0 Å². The van der Waals surface area contributed by atoms with Crippen LogP contribution in [-0.2, 0) is 19.4 Å². The summed E-state index contributed by atoms with van der Waals surface area (Å²) in [6.07, 6.45) is -0.479. The Morgan fingerprint density at radius 3 is 2.44 bits per heavy atom. The first-order chi connectivity index (χ1) is 19.2. The van der Waals surface area contributed by atoms with Crippen molar-refractivity contribution in [3.63, 3.8) is 0 Å². The minimum Gasteiger partial charge on any atom is -0.384 e. The highest BCUT2D eigenvalue weighted by Crippen LogP contribution is 2.45. The summed E-state index contributed by atoms with van der Waals surface area (Å²) >= 11 is 6.48. The Bertz CT molecular complexity index is 1050. The Kier molecular flexibility index (Phi) is 9.29. The summed E-state index contributed by atoms with van der Waals surface area (Å²) in [5.41, 5.74) is 3.20. The topological polar surface area (TPSA) is 94.2 Å². The molecule has 5 rings (SSSR count). The minimum absolute atomic E-state index is 0.0908. The fourth-order valence-corrected chi connectivity index (χ4v) is 10.2. The number of carbonyl (C=O) groups is 1. The average molecular weight is 628 g/mol. The van der Waals surface area contributed by atoms with E-state index >= 15 is 0 Å². The number of nitrogens with zero attached hydrogens (tertiary/aromatic N) is 3. The van der Waals surface area contributed by atoms with Gasteiger partial charge in [0, 0.05) is 50.5 Å². The van der Waals surface area contributed by atoms with Crippen molar-refractivity contribution < 1.29 is 31.1 Å². The number of sulfone groups is 1. The van der Waals surface area contributed by atoms with Crippen molar-refractivity contribution in [3.8, 4) is 0 Å². The van der Waals surface area contributed by atoms with Crippen LogP contribution < -0.4 is 10.7 Å². The number of rotatable bonds is 6. The molecule has 14 heteroatoms. The lowest BCUT2D eigenvalue weighted by Gasteiger charge is -2.59. The van der Waals surface area contributed by atoms with E-state index in [-0.39, 0.29) is 59.6 Å². The fourth-order valence-electron chi connectivity index (χ4n) is 8.48. The summed E-state index contributed by atoms with van der Waals surface area (Å²) in [4.78, 5) is 16.5. The first kappa shape index (κ1) is 31.7. The monoisotopic (exact) mass is 627 g/mol. The van der Waals surface area contributed by atoms with Gasteiger partial charge < -0.3 is 9.64 Å². The van der Waals surface area contributed by atoms with Gasteiger partial charge in [0.05, 0.1) is 35.8 Å². The maximum absolute atomic E-state index is 14.4. The number of carbonyl (C=O) groups excluding carboxylic acids is 1. The zero-order valence-electron chi connectivity index (χ0n) is 24.2. The van der Waals surface area contributed by atoms with Gasteiger partial charge in [-0.15, -0.1) is 11.6 Å². The van der Waals surface area contributed by atoms with Crippen LogP contribution in [0.5, 0.6) is 0 Å². The van der Waals surface area contributed by atoms with Crippen molar-refractivity contribution in [1.82, 2.24) is 25.6 Å². The summed E-state index contributed by atoms with van der Waals surface area (Å²) < 4.78 is 72.6. The Morgan fingerprint density at radius 2 is 1.83 bits per heavy atom. The molecule has 4 saturated heterocycles.